The minimum atomic E-state index is -3.10. The summed E-state index contributed by atoms with van der Waals surface area (Å²) < 4.78 is 25.4. The zero-order valence-electron chi connectivity index (χ0n) is 11.6. The van der Waals surface area contributed by atoms with E-state index >= 15 is 0 Å². The Labute approximate surface area is 128 Å². The highest BCUT2D eigenvalue weighted by molar-refractivity contribution is 9.10. The summed E-state index contributed by atoms with van der Waals surface area (Å²) in [5, 5.41) is 9.96. The van der Waals surface area contributed by atoms with Crippen molar-refractivity contribution in [1.82, 2.24) is 9.21 Å². The van der Waals surface area contributed by atoms with Crippen LogP contribution in [0.15, 0.2) is 22.7 Å². The molecule has 0 radical (unpaired) electrons. The third-order valence-electron chi connectivity index (χ3n) is 3.73. The molecule has 1 saturated heterocycles. The molecule has 1 atom stereocenters. The van der Waals surface area contributed by atoms with Crippen LogP contribution in [0.4, 0.5) is 0 Å². The summed E-state index contributed by atoms with van der Waals surface area (Å²) in [4.78, 5) is 2.18. The average molecular weight is 363 g/mol. The molecule has 1 N–H and O–H groups in total. The third-order valence-corrected chi connectivity index (χ3v) is 5.53. The van der Waals surface area contributed by atoms with Crippen molar-refractivity contribution in [2.45, 2.75) is 13.0 Å². The maximum absolute atomic E-state index is 11.5. The minimum absolute atomic E-state index is 0.0502. The second kappa shape index (κ2) is 6.01. The van der Waals surface area contributed by atoms with E-state index in [-0.39, 0.29) is 11.8 Å². The van der Waals surface area contributed by atoms with Gasteiger partial charge < -0.3 is 5.11 Å². The Morgan fingerprint density at radius 3 is 2.40 bits per heavy atom. The van der Waals surface area contributed by atoms with Crippen molar-refractivity contribution in [2.24, 2.45) is 0 Å². The molecule has 1 aromatic rings. The van der Waals surface area contributed by atoms with Crippen LogP contribution in [-0.4, -0.2) is 55.2 Å². The van der Waals surface area contributed by atoms with Crippen LogP contribution in [0, 0.1) is 0 Å². The molecule has 0 saturated carbocycles. The van der Waals surface area contributed by atoms with Crippen molar-refractivity contribution in [3.63, 3.8) is 0 Å². The van der Waals surface area contributed by atoms with E-state index in [9.17, 15) is 13.5 Å². The first-order valence-corrected chi connectivity index (χ1v) is 9.11. The van der Waals surface area contributed by atoms with Crippen molar-refractivity contribution in [3.05, 3.63) is 28.2 Å². The molecule has 0 spiro atoms. The number of rotatable bonds is 3. The Morgan fingerprint density at radius 2 is 1.85 bits per heavy atom. The Balaban J connectivity index is 2.09. The van der Waals surface area contributed by atoms with Crippen molar-refractivity contribution in [2.75, 3.05) is 32.4 Å². The third kappa shape index (κ3) is 3.52. The number of aromatic hydroxyl groups is 1. The first kappa shape index (κ1) is 15.8. The molecule has 0 aromatic heterocycles. The van der Waals surface area contributed by atoms with Crippen LogP contribution >= 0.6 is 15.9 Å². The van der Waals surface area contributed by atoms with Gasteiger partial charge in [-0.3, -0.25) is 4.90 Å². The van der Waals surface area contributed by atoms with Crippen molar-refractivity contribution in [1.29, 1.82) is 0 Å². The lowest BCUT2D eigenvalue weighted by molar-refractivity contribution is 0.144. The molecule has 1 heterocycles. The summed E-state index contributed by atoms with van der Waals surface area (Å²) in [7, 11) is -3.10. The summed E-state index contributed by atoms with van der Waals surface area (Å²) in [6.07, 6.45) is 1.24. The molecule has 1 aliphatic rings. The summed E-state index contributed by atoms with van der Waals surface area (Å²) in [5.41, 5.74) is 0.854. The topological polar surface area (TPSA) is 60.9 Å². The van der Waals surface area contributed by atoms with Gasteiger partial charge in [0, 0.05) is 42.3 Å². The Morgan fingerprint density at radius 1 is 1.25 bits per heavy atom. The number of halogens is 1. The van der Waals surface area contributed by atoms with E-state index in [1.807, 2.05) is 13.0 Å². The van der Waals surface area contributed by atoms with E-state index in [0.29, 0.717) is 26.2 Å². The van der Waals surface area contributed by atoms with Gasteiger partial charge in [-0.1, -0.05) is 15.9 Å². The normalized spacial score (nSPS) is 19.9. The predicted molar refractivity (Wildman–Crippen MR) is 82.2 cm³/mol. The van der Waals surface area contributed by atoms with Crippen molar-refractivity contribution in [3.8, 4) is 5.75 Å². The molecular formula is C13H19BrN2O3S. The standard InChI is InChI=1S/C13H19BrN2O3S/c1-10(12-9-11(14)3-4-13(12)17)15-5-7-16(8-6-15)20(2,18)19/h3-4,9-10,17H,5-8H2,1-2H3. The number of hydrogen-bond donors (Lipinski definition) is 1. The number of phenolic OH excluding ortho intramolecular Hbond substituents is 1. The zero-order chi connectivity index (χ0) is 14.9. The average Bonchev–Trinajstić information content (AvgIpc) is 2.40. The molecule has 2 rings (SSSR count). The van der Waals surface area contributed by atoms with E-state index in [0.717, 1.165) is 10.0 Å². The number of piperazine rings is 1. The molecule has 1 unspecified atom stereocenters. The first-order valence-electron chi connectivity index (χ1n) is 6.46. The van der Waals surface area contributed by atoms with Crippen LogP contribution in [0.2, 0.25) is 0 Å². The summed E-state index contributed by atoms with van der Waals surface area (Å²) in [6.45, 7) is 4.36. The van der Waals surface area contributed by atoms with Crippen LogP contribution in [-0.2, 0) is 10.0 Å². The Kier molecular flexibility index (Phi) is 4.73. The number of phenols is 1. The van der Waals surface area contributed by atoms with Crippen LogP contribution in [0.3, 0.4) is 0 Å². The molecule has 1 aliphatic heterocycles. The number of nitrogens with zero attached hydrogens (tertiary/aromatic N) is 2. The van der Waals surface area contributed by atoms with E-state index in [4.69, 9.17) is 0 Å². The molecule has 0 amide bonds. The van der Waals surface area contributed by atoms with Crippen LogP contribution < -0.4 is 0 Å². The molecule has 0 aliphatic carbocycles. The van der Waals surface area contributed by atoms with E-state index in [1.54, 1.807) is 12.1 Å². The van der Waals surface area contributed by atoms with E-state index in [2.05, 4.69) is 20.8 Å². The van der Waals surface area contributed by atoms with Gasteiger partial charge in [-0.25, -0.2) is 8.42 Å². The highest BCUT2D eigenvalue weighted by Gasteiger charge is 2.27. The van der Waals surface area contributed by atoms with Crippen molar-refractivity contribution < 1.29 is 13.5 Å². The fraction of sp³-hybridized carbons (Fsp3) is 0.538. The SMILES string of the molecule is CC(c1cc(Br)ccc1O)N1CCN(S(C)(=O)=O)CC1. The van der Waals surface area contributed by atoms with Gasteiger partial charge in [-0.15, -0.1) is 0 Å². The maximum Gasteiger partial charge on any atom is 0.211 e. The minimum Gasteiger partial charge on any atom is -0.508 e. The van der Waals surface area contributed by atoms with E-state index in [1.165, 1.54) is 10.6 Å². The first-order chi connectivity index (χ1) is 9.29. The van der Waals surface area contributed by atoms with Gasteiger partial charge in [-0.05, 0) is 25.1 Å². The summed E-state index contributed by atoms with van der Waals surface area (Å²) in [5.74, 6) is 0.270. The zero-order valence-corrected chi connectivity index (χ0v) is 14.0. The smallest absolute Gasteiger partial charge is 0.211 e. The number of hydrogen-bond acceptors (Lipinski definition) is 4. The molecule has 1 fully saturated rings. The summed E-state index contributed by atoms with van der Waals surface area (Å²) >= 11 is 3.41. The quantitative estimate of drug-likeness (QED) is 0.890. The van der Waals surface area contributed by atoms with Crippen molar-refractivity contribution >= 4 is 26.0 Å². The van der Waals surface area contributed by atoms with E-state index < -0.39 is 10.0 Å². The second-order valence-electron chi connectivity index (χ2n) is 5.08. The van der Waals surface area contributed by atoms with Gasteiger partial charge in [0.25, 0.3) is 0 Å². The molecule has 20 heavy (non-hydrogen) atoms. The highest BCUT2D eigenvalue weighted by atomic mass is 79.9. The van der Waals surface area contributed by atoms with Gasteiger partial charge in [0.05, 0.1) is 6.26 Å². The molecular weight excluding hydrogens is 344 g/mol. The molecule has 7 heteroatoms. The maximum atomic E-state index is 11.5. The van der Waals surface area contributed by atoms with Gasteiger partial charge in [0.2, 0.25) is 10.0 Å². The van der Waals surface area contributed by atoms with Gasteiger partial charge in [0.1, 0.15) is 5.75 Å². The van der Waals surface area contributed by atoms with Gasteiger partial charge >= 0.3 is 0 Å². The lowest BCUT2D eigenvalue weighted by atomic mass is 10.1. The largest absolute Gasteiger partial charge is 0.508 e. The Bertz CT molecular complexity index is 583. The lowest BCUT2D eigenvalue weighted by Gasteiger charge is -2.37. The molecule has 1 aromatic carbocycles. The molecule has 0 bridgehead atoms. The van der Waals surface area contributed by atoms with Crippen LogP contribution in [0.1, 0.15) is 18.5 Å². The second-order valence-corrected chi connectivity index (χ2v) is 7.98. The molecule has 112 valence electrons. The highest BCUT2D eigenvalue weighted by Crippen LogP contribution is 2.31. The van der Waals surface area contributed by atoms with Crippen LogP contribution in [0.25, 0.3) is 0 Å². The monoisotopic (exact) mass is 362 g/mol. The predicted octanol–water partition coefficient (Wildman–Crippen LogP) is 1.79. The Hall–Kier alpha value is -0.630. The summed E-state index contributed by atoms with van der Waals surface area (Å²) in [6, 6.07) is 5.42. The van der Waals surface area contributed by atoms with Gasteiger partial charge in [0.15, 0.2) is 0 Å². The number of sulfonamides is 1. The number of benzene rings is 1. The molecule has 5 nitrogen and oxygen atoms in total. The van der Waals surface area contributed by atoms with Crippen LogP contribution in [0.5, 0.6) is 5.75 Å². The lowest BCUT2D eigenvalue weighted by Crippen LogP contribution is -2.48. The fourth-order valence-electron chi connectivity index (χ4n) is 2.48. The van der Waals surface area contributed by atoms with Gasteiger partial charge in [-0.2, -0.15) is 4.31 Å². The fourth-order valence-corrected chi connectivity index (χ4v) is 3.68.